The molecule has 1 amide bonds. The first kappa shape index (κ1) is 18.5. The number of hydrogen-bond donors (Lipinski definition) is 0. The summed E-state index contributed by atoms with van der Waals surface area (Å²) in [7, 11) is 1.62. The maximum atomic E-state index is 12.8. The first-order chi connectivity index (χ1) is 13.5. The zero-order valence-corrected chi connectivity index (χ0v) is 16.5. The summed E-state index contributed by atoms with van der Waals surface area (Å²) in [6.07, 6.45) is 1.11. The highest BCUT2D eigenvalue weighted by Gasteiger charge is 2.43. The molecule has 1 aromatic heterocycles. The number of nitrogens with zero attached hydrogens (tertiary/aromatic N) is 4. The van der Waals surface area contributed by atoms with Gasteiger partial charge in [-0.15, -0.1) is 0 Å². The van der Waals surface area contributed by atoms with Crippen LogP contribution in [0.5, 0.6) is 11.5 Å². The normalized spacial score (nSPS) is 22.1. The molecule has 0 saturated carbocycles. The van der Waals surface area contributed by atoms with E-state index in [1.165, 1.54) is 0 Å². The van der Waals surface area contributed by atoms with Crippen LogP contribution in [-0.2, 0) is 4.79 Å². The zero-order chi connectivity index (χ0) is 19.7. The maximum absolute atomic E-state index is 12.8. The molecule has 3 unspecified atom stereocenters. The van der Waals surface area contributed by atoms with E-state index in [1.54, 1.807) is 13.4 Å². The number of rotatable bonds is 5. The minimum Gasteiger partial charge on any atom is -0.497 e. The van der Waals surface area contributed by atoms with Gasteiger partial charge >= 0.3 is 0 Å². The summed E-state index contributed by atoms with van der Waals surface area (Å²) >= 11 is 0. The summed E-state index contributed by atoms with van der Waals surface area (Å²) in [6, 6.07) is 9.33. The summed E-state index contributed by atoms with van der Waals surface area (Å²) in [5.74, 6) is 3.43. The number of ether oxygens (including phenoxy) is 2. The number of fused-ring (bicyclic) bond motifs is 1. The van der Waals surface area contributed by atoms with Gasteiger partial charge in [0.2, 0.25) is 0 Å². The van der Waals surface area contributed by atoms with Crippen molar-refractivity contribution < 1.29 is 14.3 Å². The molecule has 3 atom stereocenters. The van der Waals surface area contributed by atoms with E-state index in [-0.39, 0.29) is 5.91 Å². The topological polar surface area (TPSA) is 67.8 Å². The molecule has 2 saturated heterocycles. The van der Waals surface area contributed by atoms with Gasteiger partial charge in [-0.1, -0.05) is 0 Å². The Balaban J connectivity index is 1.33. The molecule has 2 aliphatic rings. The van der Waals surface area contributed by atoms with Gasteiger partial charge in [-0.3, -0.25) is 4.79 Å². The van der Waals surface area contributed by atoms with Crippen molar-refractivity contribution in [2.45, 2.75) is 20.0 Å². The molecule has 2 aromatic rings. The van der Waals surface area contributed by atoms with Gasteiger partial charge in [-0.25, -0.2) is 9.97 Å². The van der Waals surface area contributed by atoms with Crippen LogP contribution < -0.4 is 14.4 Å². The lowest BCUT2D eigenvalue weighted by Gasteiger charge is -2.25. The second kappa shape index (κ2) is 7.66. The van der Waals surface area contributed by atoms with Gasteiger partial charge in [0.15, 0.2) is 6.10 Å². The Labute approximate surface area is 165 Å². The average molecular weight is 382 g/mol. The molecule has 0 N–H and O–H groups in total. The average Bonchev–Trinajstić information content (AvgIpc) is 3.27. The number of carbonyl (C=O) groups is 1. The first-order valence-corrected chi connectivity index (χ1v) is 9.66. The van der Waals surface area contributed by atoms with E-state index in [1.807, 2.05) is 49.1 Å². The predicted octanol–water partition coefficient (Wildman–Crippen LogP) is 2.16. The highest BCUT2D eigenvalue weighted by molar-refractivity contribution is 5.81. The van der Waals surface area contributed by atoms with Crippen molar-refractivity contribution in [3.05, 3.63) is 42.4 Å². The number of amides is 1. The highest BCUT2D eigenvalue weighted by Crippen LogP contribution is 2.33. The summed E-state index contributed by atoms with van der Waals surface area (Å²) in [5, 5.41) is 0. The quantitative estimate of drug-likeness (QED) is 0.789. The van der Waals surface area contributed by atoms with Crippen molar-refractivity contribution in [2.75, 3.05) is 38.2 Å². The Kier molecular flexibility index (Phi) is 5.07. The predicted molar refractivity (Wildman–Crippen MR) is 106 cm³/mol. The van der Waals surface area contributed by atoms with Crippen LogP contribution in [0.15, 0.2) is 36.7 Å². The largest absolute Gasteiger partial charge is 0.497 e. The van der Waals surface area contributed by atoms with Gasteiger partial charge < -0.3 is 19.3 Å². The number of likely N-dealkylation sites (tertiary alicyclic amines) is 1. The minimum absolute atomic E-state index is 0.0506. The van der Waals surface area contributed by atoms with Crippen molar-refractivity contribution in [3.8, 4) is 11.5 Å². The Bertz CT molecular complexity index is 828. The Morgan fingerprint density at radius 3 is 2.32 bits per heavy atom. The van der Waals surface area contributed by atoms with Crippen LogP contribution in [0.2, 0.25) is 0 Å². The smallest absolute Gasteiger partial charge is 0.263 e. The molecule has 4 rings (SSSR count). The molecule has 0 radical (unpaired) electrons. The number of carbonyl (C=O) groups excluding carboxylic acids is 1. The van der Waals surface area contributed by atoms with Crippen molar-refractivity contribution in [3.63, 3.8) is 0 Å². The van der Waals surface area contributed by atoms with Gasteiger partial charge in [0.05, 0.1) is 7.11 Å². The third kappa shape index (κ3) is 3.74. The monoisotopic (exact) mass is 382 g/mol. The fraction of sp³-hybridized carbons (Fsp3) is 0.476. The third-order valence-electron chi connectivity index (χ3n) is 5.63. The fourth-order valence-corrected chi connectivity index (χ4v) is 4.14. The number of anilines is 1. The van der Waals surface area contributed by atoms with Gasteiger partial charge in [0, 0.05) is 49.8 Å². The molecule has 148 valence electrons. The van der Waals surface area contributed by atoms with Gasteiger partial charge in [0.1, 0.15) is 23.6 Å². The number of methoxy groups -OCH3 is 1. The minimum atomic E-state index is -0.507. The van der Waals surface area contributed by atoms with Crippen molar-refractivity contribution in [1.29, 1.82) is 0 Å². The molecule has 28 heavy (non-hydrogen) atoms. The van der Waals surface area contributed by atoms with Gasteiger partial charge in [-0.05, 0) is 38.1 Å². The molecule has 0 spiro atoms. The number of aryl methyl sites for hydroxylation is 1. The van der Waals surface area contributed by atoms with E-state index < -0.39 is 6.10 Å². The maximum Gasteiger partial charge on any atom is 0.263 e. The molecule has 1 aromatic carbocycles. The molecule has 2 aliphatic heterocycles. The Hall–Kier alpha value is -2.83. The summed E-state index contributed by atoms with van der Waals surface area (Å²) in [4.78, 5) is 25.7. The van der Waals surface area contributed by atoms with E-state index in [9.17, 15) is 4.79 Å². The molecule has 3 heterocycles. The third-order valence-corrected chi connectivity index (χ3v) is 5.63. The van der Waals surface area contributed by atoms with Crippen LogP contribution in [0, 0.1) is 18.8 Å². The SMILES string of the molecule is COc1ccc(OC(C)C(=O)N2CC3CN(c4cc(C)ncn4)CC3C2)cc1. The van der Waals surface area contributed by atoms with Gasteiger partial charge in [0.25, 0.3) is 5.91 Å². The number of benzene rings is 1. The summed E-state index contributed by atoms with van der Waals surface area (Å²) < 4.78 is 11.0. The van der Waals surface area contributed by atoms with Crippen LogP contribution in [-0.4, -0.2) is 60.2 Å². The van der Waals surface area contributed by atoms with Crippen LogP contribution >= 0.6 is 0 Å². The molecule has 0 aliphatic carbocycles. The van der Waals surface area contributed by atoms with Crippen LogP contribution in [0.1, 0.15) is 12.6 Å². The summed E-state index contributed by atoms with van der Waals surface area (Å²) in [5.41, 5.74) is 0.975. The van der Waals surface area contributed by atoms with E-state index in [2.05, 4.69) is 14.9 Å². The zero-order valence-electron chi connectivity index (χ0n) is 16.5. The molecule has 7 heteroatoms. The van der Waals surface area contributed by atoms with Crippen molar-refractivity contribution in [2.24, 2.45) is 11.8 Å². The van der Waals surface area contributed by atoms with Crippen LogP contribution in [0.3, 0.4) is 0 Å². The van der Waals surface area contributed by atoms with Crippen LogP contribution in [0.4, 0.5) is 5.82 Å². The van der Waals surface area contributed by atoms with E-state index >= 15 is 0 Å². The Morgan fingerprint density at radius 1 is 1.07 bits per heavy atom. The summed E-state index contributed by atoms with van der Waals surface area (Å²) in [6.45, 7) is 7.21. The van der Waals surface area contributed by atoms with E-state index in [4.69, 9.17) is 9.47 Å². The lowest BCUT2D eigenvalue weighted by atomic mass is 10.0. The highest BCUT2D eigenvalue weighted by atomic mass is 16.5. The standard InChI is InChI=1S/C21H26N4O3/c1-14-8-20(23-13-22-14)24-9-16-11-25(12-17(16)10-24)21(26)15(2)28-19-6-4-18(27-3)5-7-19/h4-8,13,15-17H,9-12H2,1-3H3. The second-order valence-corrected chi connectivity index (χ2v) is 7.62. The van der Waals surface area contributed by atoms with E-state index in [0.29, 0.717) is 17.6 Å². The number of hydrogen-bond acceptors (Lipinski definition) is 6. The van der Waals surface area contributed by atoms with Crippen molar-refractivity contribution in [1.82, 2.24) is 14.9 Å². The molecule has 0 bridgehead atoms. The Morgan fingerprint density at radius 2 is 1.71 bits per heavy atom. The fourth-order valence-electron chi connectivity index (χ4n) is 4.14. The van der Waals surface area contributed by atoms with Crippen LogP contribution in [0.25, 0.3) is 0 Å². The lowest BCUT2D eigenvalue weighted by molar-refractivity contribution is -0.137. The molecular formula is C21H26N4O3. The number of aromatic nitrogens is 2. The molecular weight excluding hydrogens is 356 g/mol. The van der Waals surface area contributed by atoms with E-state index in [0.717, 1.165) is 43.4 Å². The molecule has 2 fully saturated rings. The lowest BCUT2D eigenvalue weighted by Crippen LogP contribution is -2.41. The van der Waals surface area contributed by atoms with Crippen molar-refractivity contribution >= 4 is 11.7 Å². The molecule has 7 nitrogen and oxygen atoms in total. The van der Waals surface area contributed by atoms with Gasteiger partial charge in [-0.2, -0.15) is 0 Å². The second-order valence-electron chi connectivity index (χ2n) is 7.62. The first-order valence-electron chi connectivity index (χ1n) is 9.66.